The van der Waals surface area contributed by atoms with E-state index in [9.17, 15) is 9.59 Å². The molecule has 4 aromatic rings. The van der Waals surface area contributed by atoms with Crippen molar-refractivity contribution in [1.82, 2.24) is 19.7 Å². The molecule has 0 unspecified atom stereocenters. The van der Waals surface area contributed by atoms with E-state index in [0.717, 1.165) is 40.9 Å². The number of carbonyl (C=O) groups excluding carboxylic acids is 2. The van der Waals surface area contributed by atoms with E-state index in [1.54, 1.807) is 11.3 Å². The molecule has 1 aliphatic rings. The first-order valence-electron chi connectivity index (χ1n) is 12.6. The van der Waals surface area contributed by atoms with Crippen LogP contribution in [-0.2, 0) is 19.5 Å². The van der Waals surface area contributed by atoms with Crippen LogP contribution >= 0.6 is 11.3 Å². The number of hydrogen-bond donors (Lipinski definition) is 1. The second kappa shape index (κ2) is 11.0. The molecule has 1 atom stereocenters. The first-order valence-corrected chi connectivity index (χ1v) is 13.5. The van der Waals surface area contributed by atoms with Crippen LogP contribution in [0.25, 0.3) is 10.2 Å². The summed E-state index contributed by atoms with van der Waals surface area (Å²) < 4.78 is 2.19. The van der Waals surface area contributed by atoms with Gasteiger partial charge in [0.1, 0.15) is 10.5 Å². The number of carbonyl (C=O) groups is 2. The molecule has 186 valence electrons. The number of benzene rings is 2. The second-order valence-electron chi connectivity index (χ2n) is 9.39. The molecule has 3 amide bonds. The molecular weight excluding hydrogens is 468 g/mol. The average molecular weight is 501 g/mol. The Morgan fingerprint density at radius 1 is 0.972 bits per heavy atom. The summed E-state index contributed by atoms with van der Waals surface area (Å²) in [6.45, 7) is 4.90. The van der Waals surface area contributed by atoms with Gasteiger partial charge in [0.05, 0.1) is 0 Å². The molecule has 0 spiro atoms. The highest BCUT2D eigenvalue weighted by Crippen LogP contribution is 2.27. The van der Waals surface area contributed by atoms with Crippen LogP contribution in [0.2, 0.25) is 0 Å². The third-order valence-corrected chi connectivity index (χ3v) is 7.83. The van der Waals surface area contributed by atoms with Crippen molar-refractivity contribution >= 4 is 33.5 Å². The molecule has 6 nitrogen and oxygen atoms in total. The highest BCUT2D eigenvalue weighted by molar-refractivity contribution is 7.16. The minimum atomic E-state index is -0.0803. The topological polar surface area (TPSA) is 57.6 Å². The number of urea groups is 1. The first-order chi connectivity index (χ1) is 17.6. The van der Waals surface area contributed by atoms with Gasteiger partial charge in [0.2, 0.25) is 0 Å². The van der Waals surface area contributed by atoms with Crippen LogP contribution in [0, 0.1) is 0 Å². The molecule has 1 aliphatic heterocycles. The van der Waals surface area contributed by atoms with E-state index < -0.39 is 0 Å². The zero-order valence-electron chi connectivity index (χ0n) is 20.6. The highest BCUT2D eigenvalue weighted by Gasteiger charge is 2.31. The Kier molecular flexibility index (Phi) is 7.37. The van der Waals surface area contributed by atoms with Crippen molar-refractivity contribution in [2.24, 2.45) is 0 Å². The van der Waals surface area contributed by atoms with Gasteiger partial charge in [-0.3, -0.25) is 4.79 Å². The summed E-state index contributed by atoms with van der Waals surface area (Å²) in [4.78, 5) is 31.3. The molecular formula is C29H32N4O2S. The van der Waals surface area contributed by atoms with Gasteiger partial charge in [-0.1, -0.05) is 60.7 Å². The molecule has 5 rings (SSSR count). The van der Waals surface area contributed by atoms with Crippen molar-refractivity contribution in [2.75, 3.05) is 19.6 Å². The zero-order valence-corrected chi connectivity index (χ0v) is 21.4. The fourth-order valence-electron chi connectivity index (χ4n) is 4.94. The maximum absolute atomic E-state index is 13.6. The predicted molar refractivity (Wildman–Crippen MR) is 145 cm³/mol. The summed E-state index contributed by atoms with van der Waals surface area (Å²) >= 11 is 1.68. The summed E-state index contributed by atoms with van der Waals surface area (Å²) in [7, 11) is 0. The van der Waals surface area contributed by atoms with Crippen LogP contribution in [0.4, 0.5) is 4.79 Å². The van der Waals surface area contributed by atoms with Gasteiger partial charge in [-0.2, -0.15) is 0 Å². The normalized spacial score (nSPS) is 15.9. The van der Waals surface area contributed by atoms with Crippen LogP contribution in [0.5, 0.6) is 0 Å². The molecule has 1 fully saturated rings. The van der Waals surface area contributed by atoms with Crippen molar-refractivity contribution < 1.29 is 9.59 Å². The van der Waals surface area contributed by atoms with Crippen LogP contribution in [-0.4, -0.2) is 52.0 Å². The number of nitrogens with zero attached hydrogens (tertiary/aromatic N) is 3. The monoisotopic (exact) mass is 500 g/mol. The third kappa shape index (κ3) is 5.31. The summed E-state index contributed by atoms with van der Waals surface area (Å²) in [6, 6.07) is 24.4. The quantitative estimate of drug-likeness (QED) is 0.370. The van der Waals surface area contributed by atoms with E-state index >= 15 is 0 Å². The smallest absolute Gasteiger partial charge is 0.318 e. The van der Waals surface area contributed by atoms with Crippen LogP contribution in [0.15, 0.2) is 78.2 Å². The number of rotatable bonds is 7. The molecule has 36 heavy (non-hydrogen) atoms. The van der Waals surface area contributed by atoms with Gasteiger partial charge in [-0.15, -0.1) is 11.3 Å². The lowest BCUT2D eigenvalue weighted by Crippen LogP contribution is -2.57. The Balaban J connectivity index is 1.22. The lowest BCUT2D eigenvalue weighted by Gasteiger charge is -2.39. The Bertz CT molecular complexity index is 1320. The van der Waals surface area contributed by atoms with Crippen molar-refractivity contribution in [3.63, 3.8) is 0 Å². The van der Waals surface area contributed by atoms with Crippen LogP contribution in [0.1, 0.15) is 35.0 Å². The standard InChI is InChI=1S/C29H32N4O2S/c1-22-21-31(16-17-32(22)29(35)30-20-24-11-6-3-7-12-24)27(34)26-19-25-14-18-36-28(25)33(26)15-8-13-23-9-4-2-5-10-23/h2-7,9-12,14,18-19,22H,8,13,15-17,20-21H2,1H3,(H,30,35)/t22-/m0/s1. The molecule has 0 bridgehead atoms. The number of hydrogen-bond acceptors (Lipinski definition) is 3. The van der Waals surface area contributed by atoms with Gasteiger partial charge in [0.25, 0.3) is 5.91 Å². The van der Waals surface area contributed by atoms with Gasteiger partial charge in [-0.25, -0.2) is 4.79 Å². The van der Waals surface area contributed by atoms with Crippen molar-refractivity contribution in [3.05, 3.63) is 95.0 Å². The fourth-order valence-corrected chi connectivity index (χ4v) is 5.86. The van der Waals surface area contributed by atoms with E-state index in [4.69, 9.17) is 0 Å². The Labute approximate surface area is 216 Å². The number of aryl methyl sites for hydroxylation is 2. The highest BCUT2D eigenvalue weighted by atomic mass is 32.1. The minimum Gasteiger partial charge on any atom is -0.334 e. The molecule has 2 aromatic carbocycles. The van der Waals surface area contributed by atoms with E-state index in [1.807, 2.05) is 59.2 Å². The zero-order chi connectivity index (χ0) is 24.9. The van der Waals surface area contributed by atoms with Crippen molar-refractivity contribution in [3.8, 4) is 0 Å². The van der Waals surface area contributed by atoms with E-state index in [0.29, 0.717) is 26.2 Å². The Morgan fingerprint density at radius 2 is 1.69 bits per heavy atom. The number of fused-ring (bicyclic) bond motifs is 1. The third-order valence-electron chi connectivity index (χ3n) is 6.87. The summed E-state index contributed by atoms with van der Waals surface area (Å²) in [6.07, 6.45) is 1.95. The van der Waals surface area contributed by atoms with Gasteiger partial charge < -0.3 is 19.7 Å². The van der Waals surface area contributed by atoms with Gasteiger partial charge in [0, 0.05) is 44.2 Å². The summed E-state index contributed by atoms with van der Waals surface area (Å²) in [5, 5.41) is 6.22. The number of nitrogens with one attached hydrogen (secondary N) is 1. The lowest BCUT2D eigenvalue weighted by atomic mass is 10.1. The Hall–Kier alpha value is -3.58. The largest absolute Gasteiger partial charge is 0.334 e. The lowest BCUT2D eigenvalue weighted by molar-refractivity contribution is 0.0569. The maximum Gasteiger partial charge on any atom is 0.318 e. The minimum absolute atomic E-state index is 0.0503. The van der Waals surface area contributed by atoms with Crippen molar-refractivity contribution in [1.29, 1.82) is 0 Å². The maximum atomic E-state index is 13.6. The van der Waals surface area contributed by atoms with Gasteiger partial charge in [0.15, 0.2) is 0 Å². The number of aromatic nitrogens is 1. The number of piperazine rings is 1. The summed E-state index contributed by atoms with van der Waals surface area (Å²) in [5.41, 5.74) is 3.13. The molecule has 0 aliphatic carbocycles. The second-order valence-corrected chi connectivity index (χ2v) is 10.3. The molecule has 7 heteroatoms. The first kappa shape index (κ1) is 24.1. The molecule has 0 saturated carbocycles. The predicted octanol–water partition coefficient (Wildman–Crippen LogP) is 5.39. The Morgan fingerprint density at radius 3 is 2.42 bits per heavy atom. The van der Waals surface area contributed by atoms with E-state index in [1.165, 1.54) is 5.56 Å². The molecule has 1 saturated heterocycles. The molecule has 1 N–H and O–H groups in total. The average Bonchev–Trinajstić information content (AvgIpc) is 3.50. The summed E-state index contributed by atoms with van der Waals surface area (Å²) in [5.74, 6) is 0.0503. The van der Waals surface area contributed by atoms with E-state index in [2.05, 4.69) is 45.6 Å². The van der Waals surface area contributed by atoms with Crippen LogP contribution < -0.4 is 5.32 Å². The van der Waals surface area contributed by atoms with E-state index in [-0.39, 0.29) is 18.0 Å². The number of thiophene rings is 1. The molecule has 0 radical (unpaired) electrons. The fraction of sp³-hybridized carbons (Fsp3) is 0.310. The van der Waals surface area contributed by atoms with Gasteiger partial charge in [-0.05, 0) is 48.4 Å². The van der Waals surface area contributed by atoms with Gasteiger partial charge >= 0.3 is 6.03 Å². The number of amides is 3. The van der Waals surface area contributed by atoms with Crippen LogP contribution in [0.3, 0.4) is 0 Å². The SMILES string of the molecule is C[C@H]1CN(C(=O)c2cc3ccsc3n2CCCc2ccccc2)CCN1C(=O)NCc1ccccc1. The molecule has 2 aromatic heterocycles. The molecule has 3 heterocycles. The van der Waals surface area contributed by atoms with Crippen molar-refractivity contribution in [2.45, 2.75) is 38.9 Å².